The number of aryl methyl sites for hydroxylation is 1. The van der Waals surface area contributed by atoms with Gasteiger partial charge in [0.2, 0.25) is 5.91 Å². The molecule has 27 heavy (non-hydrogen) atoms. The largest absolute Gasteiger partial charge is 0.340 e. The van der Waals surface area contributed by atoms with E-state index >= 15 is 0 Å². The van der Waals surface area contributed by atoms with Crippen LogP contribution in [0.15, 0.2) is 36.4 Å². The molecule has 0 aliphatic heterocycles. The molecule has 4 nitrogen and oxygen atoms in total. The second-order valence-corrected chi connectivity index (χ2v) is 8.15. The molecule has 0 saturated carbocycles. The summed E-state index contributed by atoms with van der Waals surface area (Å²) in [5.41, 5.74) is 1.76. The standard InChI is InChI=1S/C19H19Cl3N2O2S/c1-11-3-4-13(21)10-17(11)24-19(26)16(7-8-27-2)23-18(25)14-6-5-12(20)9-15(14)22/h3-6,9-10,16H,7-8H2,1-2H3,(H,23,25)(H,24,26). The lowest BCUT2D eigenvalue weighted by Gasteiger charge is -2.19. The van der Waals surface area contributed by atoms with Crippen molar-refractivity contribution in [1.82, 2.24) is 5.32 Å². The number of carbonyl (C=O) groups excluding carboxylic acids is 2. The van der Waals surface area contributed by atoms with E-state index in [-0.39, 0.29) is 16.5 Å². The quantitative estimate of drug-likeness (QED) is 0.596. The van der Waals surface area contributed by atoms with Crippen LogP contribution in [0.3, 0.4) is 0 Å². The Balaban J connectivity index is 2.17. The molecule has 0 aliphatic carbocycles. The maximum absolute atomic E-state index is 12.8. The van der Waals surface area contributed by atoms with Gasteiger partial charge in [-0.1, -0.05) is 40.9 Å². The van der Waals surface area contributed by atoms with Crippen molar-refractivity contribution in [2.45, 2.75) is 19.4 Å². The summed E-state index contributed by atoms with van der Waals surface area (Å²) in [6.45, 7) is 1.87. The molecular formula is C19H19Cl3N2O2S. The second kappa shape index (κ2) is 10.2. The zero-order valence-electron chi connectivity index (χ0n) is 14.8. The van der Waals surface area contributed by atoms with Gasteiger partial charge in [0.25, 0.3) is 5.91 Å². The maximum Gasteiger partial charge on any atom is 0.253 e. The molecule has 1 atom stereocenters. The van der Waals surface area contributed by atoms with E-state index in [0.29, 0.717) is 27.9 Å². The lowest BCUT2D eigenvalue weighted by Crippen LogP contribution is -2.44. The molecule has 0 heterocycles. The molecule has 1 unspecified atom stereocenters. The van der Waals surface area contributed by atoms with Crippen molar-refractivity contribution < 1.29 is 9.59 Å². The van der Waals surface area contributed by atoms with Crippen LogP contribution in [0.25, 0.3) is 0 Å². The third-order valence-corrected chi connectivity index (χ3v) is 5.29. The highest BCUT2D eigenvalue weighted by Gasteiger charge is 2.23. The first-order valence-corrected chi connectivity index (χ1v) is 10.7. The van der Waals surface area contributed by atoms with Gasteiger partial charge in [0.1, 0.15) is 6.04 Å². The Morgan fingerprint density at radius 2 is 1.74 bits per heavy atom. The molecule has 0 aromatic heterocycles. The minimum atomic E-state index is -0.713. The van der Waals surface area contributed by atoms with Crippen molar-refractivity contribution in [1.29, 1.82) is 0 Å². The number of rotatable bonds is 7. The molecule has 2 rings (SSSR count). The fourth-order valence-electron chi connectivity index (χ4n) is 2.36. The average Bonchev–Trinajstić information content (AvgIpc) is 2.61. The summed E-state index contributed by atoms with van der Waals surface area (Å²) in [4.78, 5) is 25.3. The molecule has 2 amide bonds. The monoisotopic (exact) mass is 444 g/mol. The van der Waals surface area contributed by atoms with Crippen LogP contribution in [0.2, 0.25) is 15.1 Å². The van der Waals surface area contributed by atoms with Crippen molar-refractivity contribution in [2.75, 3.05) is 17.3 Å². The number of thioether (sulfide) groups is 1. The molecule has 2 aromatic carbocycles. The number of benzene rings is 2. The van der Waals surface area contributed by atoms with Gasteiger partial charge in [0.05, 0.1) is 10.6 Å². The van der Waals surface area contributed by atoms with Gasteiger partial charge in [0, 0.05) is 15.7 Å². The number of hydrogen-bond acceptors (Lipinski definition) is 3. The van der Waals surface area contributed by atoms with Crippen molar-refractivity contribution in [3.05, 3.63) is 62.6 Å². The third-order valence-electron chi connectivity index (χ3n) is 3.87. The van der Waals surface area contributed by atoms with Gasteiger partial charge in [-0.05, 0) is 61.2 Å². The van der Waals surface area contributed by atoms with Crippen LogP contribution < -0.4 is 10.6 Å². The molecule has 2 aromatic rings. The van der Waals surface area contributed by atoms with Crippen molar-refractivity contribution >= 4 is 64.1 Å². The number of amides is 2. The van der Waals surface area contributed by atoms with Gasteiger partial charge in [-0.2, -0.15) is 11.8 Å². The molecule has 0 fully saturated rings. The molecule has 0 spiro atoms. The number of hydrogen-bond donors (Lipinski definition) is 2. The van der Waals surface area contributed by atoms with Crippen molar-refractivity contribution in [3.8, 4) is 0 Å². The minimum absolute atomic E-state index is 0.231. The Hall–Kier alpha value is -1.40. The first-order valence-electron chi connectivity index (χ1n) is 8.13. The zero-order chi connectivity index (χ0) is 20.0. The highest BCUT2D eigenvalue weighted by Crippen LogP contribution is 2.22. The summed E-state index contributed by atoms with van der Waals surface area (Å²) < 4.78 is 0. The predicted octanol–water partition coefficient (Wildman–Crippen LogP) is 5.45. The van der Waals surface area contributed by atoms with Crippen molar-refractivity contribution in [2.24, 2.45) is 0 Å². The number of halogens is 3. The zero-order valence-corrected chi connectivity index (χ0v) is 17.9. The molecule has 0 aliphatic rings. The Morgan fingerprint density at radius 3 is 2.41 bits per heavy atom. The van der Waals surface area contributed by atoms with E-state index in [0.717, 1.165) is 5.56 Å². The topological polar surface area (TPSA) is 58.2 Å². The first-order chi connectivity index (χ1) is 12.8. The van der Waals surface area contributed by atoms with Gasteiger partial charge in [-0.3, -0.25) is 9.59 Å². The van der Waals surface area contributed by atoms with Crippen LogP contribution in [0, 0.1) is 6.92 Å². The lowest BCUT2D eigenvalue weighted by atomic mass is 10.1. The number of nitrogens with one attached hydrogen (secondary N) is 2. The van der Waals surface area contributed by atoms with Crippen LogP contribution in [0.4, 0.5) is 5.69 Å². The van der Waals surface area contributed by atoms with Crippen LogP contribution in [-0.4, -0.2) is 29.9 Å². The van der Waals surface area contributed by atoms with Gasteiger partial charge >= 0.3 is 0 Å². The molecular weight excluding hydrogens is 427 g/mol. The Bertz CT molecular complexity index is 846. The van der Waals surface area contributed by atoms with Crippen LogP contribution in [-0.2, 0) is 4.79 Å². The molecule has 0 radical (unpaired) electrons. The SMILES string of the molecule is CSCCC(NC(=O)c1ccc(Cl)cc1Cl)C(=O)Nc1cc(Cl)ccc1C. The highest BCUT2D eigenvalue weighted by molar-refractivity contribution is 7.98. The van der Waals surface area contributed by atoms with E-state index in [1.165, 1.54) is 12.1 Å². The summed E-state index contributed by atoms with van der Waals surface area (Å²) in [6, 6.07) is 9.14. The van der Waals surface area contributed by atoms with Gasteiger partial charge < -0.3 is 10.6 Å². The lowest BCUT2D eigenvalue weighted by molar-refractivity contribution is -0.118. The maximum atomic E-state index is 12.8. The smallest absolute Gasteiger partial charge is 0.253 e. The summed E-state index contributed by atoms with van der Waals surface area (Å²) in [7, 11) is 0. The Morgan fingerprint density at radius 1 is 1.07 bits per heavy atom. The third kappa shape index (κ3) is 6.32. The van der Waals surface area contributed by atoms with Crippen LogP contribution in [0.1, 0.15) is 22.3 Å². The van der Waals surface area contributed by atoms with Crippen LogP contribution >= 0.6 is 46.6 Å². The molecule has 0 bridgehead atoms. The molecule has 0 saturated heterocycles. The van der Waals surface area contributed by atoms with E-state index in [9.17, 15) is 9.59 Å². The van der Waals surface area contributed by atoms with Gasteiger partial charge in [-0.25, -0.2) is 0 Å². The van der Waals surface area contributed by atoms with E-state index < -0.39 is 11.9 Å². The second-order valence-electron chi connectivity index (χ2n) is 5.88. The number of carbonyl (C=O) groups is 2. The average molecular weight is 446 g/mol. The van der Waals surface area contributed by atoms with Crippen LogP contribution in [0.5, 0.6) is 0 Å². The highest BCUT2D eigenvalue weighted by atomic mass is 35.5. The van der Waals surface area contributed by atoms with E-state index in [4.69, 9.17) is 34.8 Å². The normalized spacial score (nSPS) is 11.7. The van der Waals surface area contributed by atoms with E-state index in [1.54, 1.807) is 30.0 Å². The van der Waals surface area contributed by atoms with E-state index in [2.05, 4.69) is 10.6 Å². The summed E-state index contributed by atoms with van der Waals surface area (Å²) in [5, 5.41) is 6.78. The summed E-state index contributed by atoms with van der Waals surface area (Å²) in [6.07, 6.45) is 2.41. The molecule has 8 heteroatoms. The predicted molar refractivity (Wildman–Crippen MR) is 116 cm³/mol. The molecule has 2 N–H and O–H groups in total. The first kappa shape index (κ1) is 21.9. The minimum Gasteiger partial charge on any atom is -0.340 e. The van der Waals surface area contributed by atoms with Gasteiger partial charge in [-0.15, -0.1) is 0 Å². The summed E-state index contributed by atoms with van der Waals surface area (Å²) >= 11 is 19.6. The molecule has 144 valence electrons. The Kier molecular flexibility index (Phi) is 8.29. The fourth-order valence-corrected chi connectivity index (χ4v) is 3.50. The summed E-state index contributed by atoms with van der Waals surface area (Å²) in [5.74, 6) is -0.0325. The van der Waals surface area contributed by atoms with Gasteiger partial charge in [0.15, 0.2) is 0 Å². The fraction of sp³-hybridized carbons (Fsp3) is 0.263. The van der Waals surface area contributed by atoms with E-state index in [1.807, 2.05) is 19.2 Å². The number of anilines is 1. The van der Waals surface area contributed by atoms with Crippen molar-refractivity contribution in [3.63, 3.8) is 0 Å². The Labute approximate surface area is 177 Å².